The van der Waals surface area contributed by atoms with Crippen LogP contribution in [-0.4, -0.2) is 25.4 Å². The van der Waals surface area contributed by atoms with Crippen LogP contribution in [0.4, 0.5) is 0 Å². The average Bonchev–Trinajstić information content (AvgIpc) is 2.76. The first-order chi connectivity index (χ1) is 9.15. The van der Waals surface area contributed by atoms with Gasteiger partial charge in [-0.25, -0.2) is 0 Å². The predicted molar refractivity (Wildman–Crippen MR) is 74.1 cm³/mol. The summed E-state index contributed by atoms with van der Waals surface area (Å²) in [6, 6.07) is 2.57. The Kier molecular flexibility index (Phi) is 5.43. The number of furan rings is 1. The molecular weight excluding hydrogens is 242 g/mol. The van der Waals surface area contributed by atoms with Gasteiger partial charge in [-0.3, -0.25) is 0 Å². The van der Waals surface area contributed by atoms with Crippen molar-refractivity contribution in [2.45, 2.75) is 58.9 Å². The van der Waals surface area contributed by atoms with E-state index >= 15 is 0 Å². The lowest BCUT2D eigenvalue weighted by atomic mass is 10.1. The highest BCUT2D eigenvalue weighted by Crippen LogP contribution is 2.19. The molecule has 108 valence electrons. The van der Waals surface area contributed by atoms with E-state index in [9.17, 15) is 0 Å². The third-order valence-electron chi connectivity index (χ3n) is 3.40. The smallest absolute Gasteiger partial charge is 0.118 e. The molecule has 0 atom stereocenters. The van der Waals surface area contributed by atoms with Crippen LogP contribution in [0.5, 0.6) is 0 Å². The molecule has 0 aliphatic carbocycles. The minimum Gasteiger partial charge on any atom is -0.465 e. The number of hydrogen-bond acceptors (Lipinski definition) is 4. The summed E-state index contributed by atoms with van der Waals surface area (Å²) in [6.07, 6.45) is 2.33. The monoisotopic (exact) mass is 267 g/mol. The SMILES string of the molecule is Cc1oc(CNC(C)C)cc1COC1CCOCC1. The molecule has 19 heavy (non-hydrogen) atoms. The van der Waals surface area contributed by atoms with Crippen LogP contribution < -0.4 is 5.32 Å². The zero-order chi connectivity index (χ0) is 13.7. The van der Waals surface area contributed by atoms with E-state index in [4.69, 9.17) is 13.9 Å². The Bertz CT molecular complexity index is 381. The highest BCUT2D eigenvalue weighted by Gasteiger charge is 2.15. The Morgan fingerprint density at radius 1 is 1.37 bits per heavy atom. The molecule has 1 N–H and O–H groups in total. The maximum absolute atomic E-state index is 5.93. The Hall–Kier alpha value is -0.840. The molecule has 4 nitrogen and oxygen atoms in total. The summed E-state index contributed by atoms with van der Waals surface area (Å²) >= 11 is 0. The van der Waals surface area contributed by atoms with Crippen LogP contribution in [0.3, 0.4) is 0 Å². The van der Waals surface area contributed by atoms with E-state index < -0.39 is 0 Å². The van der Waals surface area contributed by atoms with Crippen LogP contribution in [0.1, 0.15) is 43.8 Å². The summed E-state index contributed by atoms with van der Waals surface area (Å²) in [5.74, 6) is 1.95. The van der Waals surface area contributed by atoms with Crippen LogP contribution in [0.2, 0.25) is 0 Å². The highest BCUT2D eigenvalue weighted by atomic mass is 16.5. The third kappa shape index (κ3) is 4.64. The summed E-state index contributed by atoms with van der Waals surface area (Å²) in [7, 11) is 0. The van der Waals surface area contributed by atoms with Crippen molar-refractivity contribution >= 4 is 0 Å². The topological polar surface area (TPSA) is 43.6 Å². The molecular formula is C15H25NO3. The lowest BCUT2D eigenvalue weighted by Crippen LogP contribution is -2.23. The first-order valence-electron chi connectivity index (χ1n) is 7.16. The molecule has 0 unspecified atom stereocenters. The van der Waals surface area contributed by atoms with Gasteiger partial charge in [0, 0.05) is 24.8 Å². The van der Waals surface area contributed by atoms with Gasteiger partial charge in [-0.2, -0.15) is 0 Å². The van der Waals surface area contributed by atoms with E-state index in [0.29, 0.717) is 18.8 Å². The zero-order valence-electron chi connectivity index (χ0n) is 12.2. The standard InChI is InChI=1S/C15H25NO3/c1-11(2)16-9-15-8-13(12(3)19-15)10-18-14-4-6-17-7-5-14/h8,11,14,16H,4-7,9-10H2,1-3H3. The first kappa shape index (κ1) is 14.6. The summed E-state index contributed by atoms with van der Waals surface area (Å²) in [6.45, 7) is 9.31. The third-order valence-corrected chi connectivity index (χ3v) is 3.40. The fourth-order valence-electron chi connectivity index (χ4n) is 2.17. The quantitative estimate of drug-likeness (QED) is 0.860. The molecule has 1 fully saturated rings. The Morgan fingerprint density at radius 3 is 2.79 bits per heavy atom. The summed E-state index contributed by atoms with van der Waals surface area (Å²) in [4.78, 5) is 0. The van der Waals surface area contributed by atoms with Crippen molar-refractivity contribution in [2.75, 3.05) is 13.2 Å². The molecule has 1 saturated heterocycles. The number of rotatable bonds is 6. The summed E-state index contributed by atoms with van der Waals surface area (Å²) in [5, 5.41) is 3.36. The van der Waals surface area contributed by atoms with Gasteiger partial charge in [0.2, 0.25) is 0 Å². The van der Waals surface area contributed by atoms with E-state index in [1.807, 2.05) is 6.92 Å². The van der Waals surface area contributed by atoms with Gasteiger partial charge in [-0.15, -0.1) is 0 Å². The fraction of sp³-hybridized carbons (Fsp3) is 0.733. The average molecular weight is 267 g/mol. The molecule has 1 aliphatic rings. The van der Waals surface area contributed by atoms with Gasteiger partial charge in [0.05, 0.1) is 19.3 Å². The van der Waals surface area contributed by atoms with Crippen LogP contribution >= 0.6 is 0 Å². The van der Waals surface area contributed by atoms with Crippen molar-refractivity contribution in [3.05, 3.63) is 23.2 Å². The maximum Gasteiger partial charge on any atom is 0.118 e. The van der Waals surface area contributed by atoms with Gasteiger partial charge >= 0.3 is 0 Å². The number of aryl methyl sites for hydroxylation is 1. The van der Waals surface area contributed by atoms with Crippen molar-refractivity contribution in [2.24, 2.45) is 0 Å². The summed E-state index contributed by atoms with van der Waals surface area (Å²) in [5.41, 5.74) is 1.16. The van der Waals surface area contributed by atoms with Crippen molar-refractivity contribution in [1.29, 1.82) is 0 Å². The lowest BCUT2D eigenvalue weighted by Gasteiger charge is -2.22. The highest BCUT2D eigenvalue weighted by molar-refractivity contribution is 5.20. The number of ether oxygens (including phenoxy) is 2. The van der Waals surface area contributed by atoms with E-state index in [1.165, 1.54) is 0 Å². The predicted octanol–water partition coefficient (Wildman–Crippen LogP) is 2.78. The molecule has 0 saturated carbocycles. The molecule has 0 spiro atoms. The van der Waals surface area contributed by atoms with Crippen molar-refractivity contribution in [1.82, 2.24) is 5.32 Å². The zero-order valence-corrected chi connectivity index (χ0v) is 12.2. The van der Waals surface area contributed by atoms with Crippen LogP contribution in [0, 0.1) is 6.92 Å². The molecule has 2 heterocycles. The first-order valence-corrected chi connectivity index (χ1v) is 7.16. The Morgan fingerprint density at radius 2 is 2.11 bits per heavy atom. The molecule has 0 amide bonds. The molecule has 0 aromatic carbocycles. The normalized spacial score (nSPS) is 17.3. The van der Waals surface area contributed by atoms with Gasteiger partial charge in [0.1, 0.15) is 11.5 Å². The number of hydrogen-bond donors (Lipinski definition) is 1. The minimum absolute atomic E-state index is 0.334. The second-order valence-corrected chi connectivity index (χ2v) is 5.45. The molecule has 1 aromatic rings. The van der Waals surface area contributed by atoms with Crippen LogP contribution in [0.25, 0.3) is 0 Å². The van der Waals surface area contributed by atoms with Gasteiger partial charge in [-0.05, 0) is 25.8 Å². The molecule has 2 rings (SSSR count). The molecule has 4 heteroatoms. The lowest BCUT2D eigenvalue weighted by molar-refractivity contribution is -0.0393. The van der Waals surface area contributed by atoms with E-state index in [0.717, 1.165) is 49.7 Å². The molecule has 1 aromatic heterocycles. The second kappa shape index (κ2) is 7.08. The summed E-state index contributed by atoms with van der Waals surface area (Å²) < 4.78 is 17.0. The largest absolute Gasteiger partial charge is 0.465 e. The fourth-order valence-corrected chi connectivity index (χ4v) is 2.17. The van der Waals surface area contributed by atoms with Crippen LogP contribution in [0.15, 0.2) is 10.5 Å². The van der Waals surface area contributed by atoms with Crippen molar-refractivity contribution in [3.63, 3.8) is 0 Å². The van der Waals surface area contributed by atoms with Crippen molar-refractivity contribution in [3.8, 4) is 0 Å². The second-order valence-electron chi connectivity index (χ2n) is 5.45. The van der Waals surface area contributed by atoms with E-state index in [1.54, 1.807) is 0 Å². The maximum atomic E-state index is 5.93. The van der Waals surface area contributed by atoms with E-state index in [-0.39, 0.29) is 0 Å². The van der Waals surface area contributed by atoms with Gasteiger partial charge in [-0.1, -0.05) is 13.8 Å². The molecule has 0 bridgehead atoms. The number of nitrogens with one attached hydrogen (secondary N) is 1. The molecule has 0 radical (unpaired) electrons. The Labute approximate surface area is 115 Å². The van der Waals surface area contributed by atoms with Crippen LogP contribution in [-0.2, 0) is 22.6 Å². The van der Waals surface area contributed by atoms with E-state index in [2.05, 4.69) is 25.2 Å². The van der Waals surface area contributed by atoms with Gasteiger partial charge in [0.25, 0.3) is 0 Å². The van der Waals surface area contributed by atoms with Gasteiger partial charge in [0.15, 0.2) is 0 Å². The minimum atomic E-state index is 0.334. The molecule has 1 aliphatic heterocycles. The Balaban J connectivity index is 1.82. The van der Waals surface area contributed by atoms with Gasteiger partial charge < -0.3 is 19.2 Å². The van der Waals surface area contributed by atoms with Crippen molar-refractivity contribution < 1.29 is 13.9 Å².